The lowest BCUT2D eigenvalue weighted by atomic mass is 9.83. The second kappa shape index (κ2) is 5.89. The van der Waals surface area contributed by atoms with Crippen LogP contribution in [-0.2, 0) is 0 Å². The van der Waals surface area contributed by atoms with Crippen molar-refractivity contribution in [1.29, 1.82) is 0 Å². The maximum Gasteiger partial charge on any atom is 0.125 e. The lowest BCUT2D eigenvalue weighted by molar-refractivity contribution is 0.313. The van der Waals surface area contributed by atoms with Crippen molar-refractivity contribution in [2.75, 3.05) is 11.1 Å². The largest absolute Gasteiger partial charge is 0.384 e. The summed E-state index contributed by atoms with van der Waals surface area (Å²) >= 11 is 0. The van der Waals surface area contributed by atoms with Gasteiger partial charge in [0.2, 0.25) is 0 Å². The van der Waals surface area contributed by atoms with Crippen molar-refractivity contribution < 1.29 is 0 Å². The third kappa shape index (κ3) is 3.35. The molecule has 3 nitrogen and oxygen atoms in total. The topological polar surface area (TPSA) is 50.9 Å². The van der Waals surface area contributed by atoms with Gasteiger partial charge >= 0.3 is 0 Å². The van der Waals surface area contributed by atoms with Crippen LogP contribution in [0.5, 0.6) is 0 Å². The lowest BCUT2D eigenvalue weighted by Gasteiger charge is -2.31. The fraction of sp³-hybridized carbons (Fsp3) is 0.643. The molecular weight excluding hydrogens is 210 g/mol. The Morgan fingerprint density at radius 2 is 2.18 bits per heavy atom. The van der Waals surface area contributed by atoms with E-state index in [1.54, 1.807) is 6.20 Å². The van der Waals surface area contributed by atoms with E-state index in [0.717, 1.165) is 11.6 Å². The highest BCUT2D eigenvalue weighted by Gasteiger charge is 2.21. The van der Waals surface area contributed by atoms with Crippen LogP contribution in [0.25, 0.3) is 0 Å². The molecule has 0 aliphatic heterocycles. The van der Waals surface area contributed by atoms with E-state index in [0.29, 0.717) is 11.9 Å². The number of nitrogen functional groups attached to an aromatic ring is 1. The Hall–Kier alpha value is -1.25. The van der Waals surface area contributed by atoms with E-state index in [1.807, 2.05) is 12.1 Å². The first kappa shape index (κ1) is 12.2. The Morgan fingerprint density at radius 3 is 2.82 bits per heavy atom. The monoisotopic (exact) mass is 233 g/mol. The number of anilines is 2. The van der Waals surface area contributed by atoms with Gasteiger partial charge in [0, 0.05) is 24.0 Å². The zero-order valence-corrected chi connectivity index (χ0v) is 10.7. The van der Waals surface area contributed by atoms with Crippen molar-refractivity contribution in [3.63, 3.8) is 0 Å². The van der Waals surface area contributed by atoms with Crippen molar-refractivity contribution in [3.05, 3.63) is 18.3 Å². The summed E-state index contributed by atoms with van der Waals surface area (Å²) in [5.74, 6) is 1.41. The highest BCUT2D eigenvalue weighted by atomic mass is 14.9. The number of rotatable bonds is 4. The van der Waals surface area contributed by atoms with Gasteiger partial charge in [0.05, 0.1) is 0 Å². The normalized spacial score (nSPS) is 18.9. The summed E-state index contributed by atoms with van der Waals surface area (Å²) in [5.41, 5.74) is 6.81. The first-order chi connectivity index (χ1) is 8.29. The molecule has 0 aromatic carbocycles. The average molecular weight is 233 g/mol. The Labute approximate surface area is 104 Å². The molecule has 2 rings (SSSR count). The van der Waals surface area contributed by atoms with Gasteiger partial charge in [-0.3, -0.25) is 0 Å². The standard InChI is InChI=1S/C14H23N3/c1-2-13(11-6-4-3-5-7-11)17-12-8-9-16-14(15)10-12/h8-11,13H,2-7H2,1H3,(H3,15,16,17). The molecule has 0 saturated heterocycles. The van der Waals surface area contributed by atoms with Gasteiger partial charge in [-0.25, -0.2) is 4.98 Å². The van der Waals surface area contributed by atoms with Crippen LogP contribution in [0.15, 0.2) is 18.3 Å². The number of hydrogen-bond acceptors (Lipinski definition) is 3. The predicted octanol–water partition coefficient (Wildman–Crippen LogP) is 3.43. The zero-order valence-electron chi connectivity index (χ0n) is 10.7. The van der Waals surface area contributed by atoms with Crippen molar-refractivity contribution in [3.8, 4) is 0 Å². The van der Waals surface area contributed by atoms with Gasteiger partial charge in [-0.05, 0) is 31.2 Å². The van der Waals surface area contributed by atoms with Gasteiger partial charge in [0.1, 0.15) is 5.82 Å². The van der Waals surface area contributed by atoms with E-state index in [4.69, 9.17) is 5.73 Å². The van der Waals surface area contributed by atoms with Crippen LogP contribution in [0.1, 0.15) is 45.4 Å². The Bertz CT molecular complexity index is 345. The molecule has 1 aromatic heterocycles. The highest BCUT2D eigenvalue weighted by Crippen LogP contribution is 2.29. The van der Waals surface area contributed by atoms with Crippen LogP contribution < -0.4 is 11.1 Å². The van der Waals surface area contributed by atoms with E-state index in [9.17, 15) is 0 Å². The molecule has 1 unspecified atom stereocenters. The molecule has 17 heavy (non-hydrogen) atoms. The minimum atomic E-state index is 0.581. The molecule has 3 heteroatoms. The van der Waals surface area contributed by atoms with E-state index >= 15 is 0 Å². The third-order valence-corrected chi connectivity index (χ3v) is 3.79. The Morgan fingerprint density at radius 1 is 1.41 bits per heavy atom. The highest BCUT2D eigenvalue weighted by molar-refractivity contribution is 5.50. The van der Waals surface area contributed by atoms with Crippen molar-refractivity contribution in [2.45, 2.75) is 51.5 Å². The summed E-state index contributed by atoms with van der Waals surface area (Å²) in [7, 11) is 0. The van der Waals surface area contributed by atoms with Gasteiger partial charge < -0.3 is 11.1 Å². The molecule has 94 valence electrons. The number of nitrogens with two attached hydrogens (primary N) is 1. The van der Waals surface area contributed by atoms with E-state index in [-0.39, 0.29) is 0 Å². The smallest absolute Gasteiger partial charge is 0.125 e. The molecule has 1 aliphatic rings. The molecule has 1 heterocycles. The molecule has 1 fully saturated rings. The maximum absolute atomic E-state index is 5.70. The van der Waals surface area contributed by atoms with Crippen LogP contribution in [0.2, 0.25) is 0 Å². The maximum atomic E-state index is 5.70. The first-order valence-corrected chi connectivity index (χ1v) is 6.77. The quantitative estimate of drug-likeness (QED) is 0.837. The van der Waals surface area contributed by atoms with Crippen LogP contribution in [-0.4, -0.2) is 11.0 Å². The van der Waals surface area contributed by atoms with Crippen LogP contribution in [0.3, 0.4) is 0 Å². The van der Waals surface area contributed by atoms with Crippen molar-refractivity contribution in [1.82, 2.24) is 4.98 Å². The second-order valence-corrected chi connectivity index (χ2v) is 5.03. The lowest BCUT2D eigenvalue weighted by Crippen LogP contribution is -2.30. The summed E-state index contributed by atoms with van der Waals surface area (Å²) in [6.45, 7) is 2.26. The predicted molar refractivity (Wildman–Crippen MR) is 72.9 cm³/mol. The SMILES string of the molecule is CCC(Nc1ccnc(N)c1)C1CCCCC1. The summed E-state index contributed by atoms with van der Waals surface area (Å²) in [6, 6.07) is 4.50. The number of pyridine rings is 1. The first-order valence-electron chi connectivity index (χ1n) is 6.77. The zero-order chi connectivity index (χ0) is 12.1. The Balaban J connectivity index is 1.98. The molecule has 1 atom stereocenters. The number of nitrogens with one attached hydrogen (secondary N) is 1. The van der Waals surface area contributed by atoms with Crippen molar-refractivity contribution in [2.24, 2.45) is 5.92 Å². The minimum absolute atomic E-state index is 0.581. The van der Waals surface area contributed by atoms with Crippen molar-refractivity contribution >= 4 is 11.5 Å². The number of aromatic nitrogens is 1. The molecule has 0 bridgehead atoms. The third-order valence-electron chi connectivity index (χ3n) is 3.79. The van der Waals surface area contributed by atoms with Crippen LogP contribution in [0, 0.1) is 5.92 Å². The fourth-order valence-corrected chi connectivity index (χ4v) is 2.84. The van der Waals surface area contributed by atoms with Gasteiger partial charge in [0.25, 0.3) is 0 Å². The molecule has 1 aromatic rings. The molecule has 0 amide bonds. The van der Waals surface area contributed by atoms with Gasteiger partial charge in [0.15, 0.2) is 0 Å². The average Bonchev–Trinajstić information content (AvgIpc) is 2.37. The fourth-order valence-electron chi connectivity index (χ4n) is 2.84. The summed E-state index contributed by atoms with van der Waals surface area (Å²) in [4.78, 5) is 4.02. The molecule has 3 N–H and O–H groups in total. The molecule has 0 spiro atoms. The Kier molecular flexibility index (Phi) is 4.24. The van der Waals surface area contributed by atoms with Gasteiger partial charge in [-0.2, -0.15) is 0 Å². The second-order valence-electron chi connectivity index (χ2n) is 5.03. The number of hydrogen-bond donors (Lipinski definition) is 2. The summed E-state index contributed by atoms with van der Waals surface area (Å²) < 4.78 is 0. The molecule has 0 radical (unpaired) electrons. The van der Waals surface area contributed by atoms with Crippen LogP contribution in [0.4, 0.5) is 11.5 Å². The molecular formula is C14H23N3. The summed E-state index contributed by atoms with van der Waals surface area (Å²) in [6.07, 6.45) is 9.87. The van der Waals surface area contributed by atoms with E-state index < -0.39 is 0 Å². The minimum Gasteiger partial charge on any atom is -0.384 e. The molecule has 1 saturated carbocycles. The van der Waals surface area contributed by atoms with Gasteiger partial charge in [-0.15, -0.1) is 0 Å². The summed E-state index contributed by atoms with van der Waals surface area (Å²) in [5, 5.41) is 3.62. The van der Waals surface area contributed by atoms with Crippen LogP contribution >= 0.6 is 0 Å². The van der Waals surface area contributed by atoms with Gasteiger partial charge in [-0.1, -0.05) is 26.2 Å². The molecule has 1 aliphatic carbocycles. The number of nitrogens with zero attached hydrogens (tertiary/aromatic N) is 1. The van der Waals surface area contributed by atoms with E-state index in [1.165, 1.54) is 38.5 Å². The van der Waals surface area contributed by atoms with E-state index in [2.05, 4.69) is 17.2 Å².